The van der Waals surface area contributed by atoms with Gasteiger partial charge in [0.25, 0.3) is 0 Å². The molecule has 4 nitrogen and oxygen atoms in total. The zero-order valence-corrected chi connectivity index (χ0v) is 11.9. The number of aromatic nitrogens is 3. The fourth-order valence-corrected chi connectivity index (χ4v) is 2.43. The summed E-state index contributed by atoms with van der Waals surface area (Å²) in [7, 11) is 0. The SMILES string of the molecule is CCc1nn(CC)c(CC(O)c2cccnc2)c1Cl. The van der Waals surface area contributed by atoms with E-state index >= 15 is 0 Å². The molecule has 0 bridgehead atoms. The summed E-state index contributed by atoms with van der Waals surface area (Å²) in [4.78, 5) is 4.02. The predicted molar refractivity (Wildman–Crippen MR) is 75.2 cm³/mol. The Labute approximate surface area is 118 Å². The van der Waals surface area contributed by atoms with Gasteiger partial charge in [0.2, 0.25) is 0 Å². The molecule has 0 saturated carbocycles. The molecule has 2 aromatic rings. The van der Waals surface area contributed by atoms with E-state index in [1.54, 1.807) is 12.4 Å². The van der Waals surface area contributed by atoms with Gasteiger partial charge in [-0.05, 0) is 25.0 Å². The Bertz CT molecular complexity index is 539. The van der Waals surface area contributed by atoms with E-state index in [1.807, 2.05) is 30.7 Å². The first-order valence-corrected chi connectivity index (χ1v) is 6.87. The van der Waals surface area contributed by atoms with Crippen LogP contribution in [0.1, 0.15) is 36.9 Å². The lowest BCUT2D eigenvalue weighted by molar-refractivity contribution is 0.175. The lowest BCUT2D eigenvalue weighted by Crippen LogP contribution is -2.09. The van der Waals surface area contributed by atoms with E-state index in [0.29, 0.717) is 11.4 Å². The molecule has 5 heteroatoms. The highest BCUT2D eigenvalue weighted by atomic mass is 35.5. The van der Waals surface area contributed by atoms with E-state index in [2.05, 4.69) is 10.1 Å². The smallest absolute Gasteiger partial charge is 0.0860 e. The van der Waals surface area contributed by atoms with Crippen molar-refractivity contribution in [1.29, 1.82) is 0 Å². The Morgan fingerprint density at radius 2 is 2.21 bits per heavy atom. The maximum Gasteiger partial charge on any atom is 0.0860 e. The molecule has 0 spiro atoms. The number of rotatable bonds is 5. The van der Waals surface area contributed by atoms with Gasteiger partial charge in [0.05, 0.1) is 22.5 Å². The second kappa shape index (κ2) is 6.17. The van der Waals surface area contributed by atoms with E-state index < -0.39 is 6.10 Å². The van der Waals surface area contributed by atoms with Gasteiger partial charge in [0.15, 0.2) is 0 Å². The first kappa shape index (κ1) is 14.0. The van der Waals surface area contributed by atoms with E-state index in [9.17, 15) is 5.11 Å². The van der Waals surface area contributed by atoms with Crippen LogP contribution >= 0.6 is 11.6 Å². The van der Waals surface area contributed by atoms with Gasteiger partial charge in [0, 0.05) is 25.4 Å². The van der Waals surface area contributed by atoms with Gasteiger partial charge >= 0.3 is 0 Å². The van der Waals surface area contributed by atoms with Crippen LogP contribution in [0.15, 0.2) is 24.5 Å². The maximum atomic E-state index is 10.3. The normalized spacial score (nSPS) is 12.6. The Morgan fingerprint density at radius 3 is 2.79 bits per heavy atom. The second-order valence-corrected chi connectivity index (χ2v) is 4.76. The summed E-state index contributed by atoms with van der Waals surface area (Å²) in [5, 5.41) is 15.4. The number of aryl methyl sites for hydroxylation is 2. The number of hydrogen-bond acceptors (Lipinski definition) is 3. The molecule has 0 aliphatic carbocycles. The summed E-state index contributed by atoms with van der Waals surface area (Å²) < 4.78 is 1.86. The van der Waals surface area contributed by atoms with Crippen LogP contribution in [-0.4, -0.2) is 19.9 Å². The molecule has 2 aromatic heterocycles. The minimum atomic E-state index is -0.613. The molecule has 2 rings (SSSR count). The van der Waals surface area contributed by atoms with E-state index in [-0.39, 0.29) is 0 Å². The molecular weight excluding hydrogens is 262 g/mol. The first-order chi connectivity index (χ1) is 9.17. The average Bonchev–Trinajstić information content (AvgIpc) is 2.76. The van der Waals surface area contributed by atoms with Crippen LogP contribution in [-0.2, 0) is 19.4 Å². The Hall–Kier alpha value is -1.39. The van der Waals surface area contributed by atoms with Crippen LogP contribution in [0.5, 0.6) is 0 Å². The van der Waals surface area contributed by atoms with Crippen molar-refractivity contribution in [1.82, 2.24) is 14.8 Å². The van der Waals surface area contributed by atoms with Crippen molar-refractivity contribution in [2.45, 2.75) is 39.3 Å². The Balaban J connectivity index is 2.26. The number of aliphatic hydroxyl groups is 1. The monoisotopic (exact) mass is 279 g/mol. The molecule has 0 aliphatic heterocycles. The zero-order valence-electron chi connectivity index (χ0n) is 11.2. The minimum absolute atomic E-state index is 0.450. The Morgan fingerprint density at radius 1 is 1.42 bits per heavy atom. The van der Waals surface area contributed by atoms with Gasteiger partial charge in [-0.2, -0.15) is 5.10 Å². The lowest BCUT2D eigenvalue weighted by Gasteiger charge is -2.12. The summed E-state index contributed by atoms with van der Waals surface area (Å²) in [6.45, 7) is 4.78. The molecule has 0 fully saturated rings. The van der Waals surface area contributed by atoms with E-state index in [0.717, 1.165) is 29.9 Å². The zero-order chi connectivity index (χ0) is 13.8. The predicted octanol–water partition coefficient (Wildman–Crippen LogP) is 2.79. The molecule has 19 heavy (non-hydrogen) atoms. The third-order valence-electron chi connectivity index (χ3n) is 3.15. The van der Waals surface area contributed by atoms with Crippen LogP contribution in [0.3, 0.4) is 0 Å². The third kappa shape index (κ3) is 2.96. The highest BCUT2D eigenvalue weighted by molar-refractivity contribution is 6.31. The summed E-state index contributed by atoms with van der Waals surface area (Å²) in [5.74, 6) is 0. The number of aliphatic hydroxyl groups excluding tert-OH is 1. The average molecular weight is 280 g/mol. The molecule has 0 aliphatic rings. The standard InChI is InChI=1S/C14H18ClN3O/c1-3-11-14(15)12(18(4-2)17-11)8-13(19)10-6-5-7-16-9-10/h5-7,9,13,19H,3-4,8H2,1-2H3. The van der Waals surface area contributed by atoms with Crippen molar-refractivity contribution in [2.24, 2.45) is 0 Å². The number of nitrogens with zero attached hydrogens (tertiary/aromatic N) is 3. The van der Waals surface area contributed by atoms with Gasteiger partial charge in [-0.25, -0.2) is 0 Å². The summed E-state index contributed by atoms with van der Waals surface area (Å²) in [6.07, 6.45) is 3.99. The van der Waals surface area contributed by atoms with Crippen molar-refractivity contribution < 1.29 is 5.11 Å². The topological polar surface area (TPSA) is 50.9 Å². The largest absolute Gasteiger partial charge is 0.388 e. The van der Waals surface area contributed by atoms with Gasteiger partial charge in [-0.1, -0.05) is 24.6 Å². The summed E-state index contributed by atoms with van der Waals surface area (Å²) in [5.41, 5.74) is 2.56. The molecule has 0 amide bonds. The highest BCUT2D eigenvalue weighted by Gasteiger charge is 2.18. The van der Waals surface area contributed by atoms with Crippen molar-refractivity contribution >= 4 is 11.6 Å². The molecule has 1 unspecified atom stereocenters. The van der Waals surface area contributed by atoms with Crippen LogP contribution < -0.4 is 0 Å². The Kier molecular flexibility index (Phi) is 4.56. The quantitative estimate of drug-likeness (QED) is 0.916. The number of hydrogen-bond donors (Lipinski definition) is 1. The highest BCUT2D eigenvalue weighted by Crippen LogP contribution is 2.26. The summed E-state index contributed by atoms with van der Waals surface area (Å²) >= 11 is 6.33. The van der Waals surface area contributed by atoms with Crippen molar-refractivity contribution in [2.75, 3.05) is 0 Å². The van der Waals surface area contributed by atoms with Crippen molar-refractivity contribution in [3.63, 3.8) is 0 Å². The van der Waals surface area contributed by atoms with Crippen molar-refractivity contribution in [3.05, 3.63) is 46.5 Å². The maximum absolute atomic E-state index is 10.3. The first-order valence-electron chi connectivity index (χ1n) is 6.49. The molecule has 1 atom stereocenters. The molecule has 1 N–H and O–H groups in total. The molecule has 102 valence electrons. The molecular formula is C14H18ClN3O. The number of pyridine rings is 1. The van der Waals surface area contributed by atoms with E-state index in [4.69, 9.17) is 11.6 Å². The molecule has 0 radical (unpaired) electrons. The van der Waals surface area contributed by atoms with Crippen LogP contribution in [0.25, 0.3) is 0 Å². The summed E-state index contributed by atoms with van der Waals surface area (Å²) in [6, 6.07) is 3.67. The van der Waals surface area contributed by atoms with Gasteiger partial charge in [0.1, 0.15) is 0 Å². The van der Waals surface area contributed by atoms with E-state index in [1.165, 1.54) is 0 Å². The van der Waals surface area contributed by atoms with Gasteiger partial charge in [-0.15, -0.1) is 0 Å². The fraction of sp³-hybridized carbons (Fsp3) is 0.429. The second-order valence-electron chi connectivity index (χ2n) is 4.38. The number of halogens is 1. The third-order valence-corrected chi connectivity index (χ3v) is 3.59. The molecule has 0 aromatic carbocycles. The van der Waals surface area contributed by atoms with Gasteiger partial charge < -0.3 is 5.11 Å². The van der Waals surface area contributed by atoms with Crippen molar-refractivity contribution in [3.8, 4) is 0 Å². The molecule has 0 saturated heterocycles. The lowest BCUT2D eigenvalue weighted by atomic mass is 10.1. The van der Waals surface area contributed by atoms with Crippen LogP contribution in [0.2, 0.25) is 5.02 Å². The van der Waals surface area contributed by atoms with Crippen LogP contribution in [0.4, 0.5) is 0 Å². The van der Waals surface area contributed by atoms with Gasteiger partial charge in [-0.3, -0.25) is 9.67 Å². The minimum Gasteiger partial charge on any atom is -0.388 e. The van der Waals surface area contributed by atoms with Crippen LogP contribution in [0, 0.1) is 0 Å². The molecule has 2 heterocycles. The fourth-order valence-electron chi connectivity index (χ4n) is 2.09.